The van der Waals surface area contributed by atoms with Crippen LogP contribution in [0.2, 0.25) is 5.02 Å². The Morgan fingerprint density at radius 2 is 1.71 bits per heavy atom. The molecule has 0 aliphatic rings. The van der Waals surface area contributed by atoms with Crippen molar-refractivity contribution in [3.05, 3.63) is 85.3 Å². The lowest BCUT2D eigenvalue weighted by Crippen LogP contribution is -2.40. The number of hydrogen-bond acceptors (Lipinski definition) is 5. The third-order valence-electron chi connectivity index (χ3n) is 5.05. The molecule has 4 aromatic rings. The molecular weight excluding hydrogens is 476 g/mol. The van der Waals surface area contributed by atoms with Gasteiger partial charge < -0.3 is 10.6 Å². The highest BCUT2D eigenvalue weighted by molar-refractivity contribution is 7.18. The van der Waals surface area contributed by atoms with Crippen molar-refractivity contribution < 1.29 is 9.59 Å². The molecule has 2 heterocycles. The zero-order valence-electron chi connectivity index (χ0n) is 18.4. The first-order valence-electron chi connectivity index (χ1n) is 10.5. The SMILES string of the molecule is CCc1cc2c(=O)n(-c3cccc(Cl)c3)c(=O)n(CC(=O)Nc3cccc(NC(C)=O)c3)c2s1. The molecule has 0 aliphatic heterocycles. The Kier molecular flexibility index (Phi) is 6.67. The molecule has 34 heavy (non-hydrogen) atoms. The van der Waals surface area contributed by atoms with E-state index in [1.54, 1.807) is 48.5 Å². The number of nitrogens with one attached hydrogen (secondary N) is 2. The molecule has 0 saturated heterocycles. The number of aryl methyl sites for hydroxylation is 1. The van der Waals surface area contributed by atoms with Gasteiger partial charge in [0, 0.05) is 28.2 Å². The Hall–Kier alpha value is -3.69. The minimum Gasteiger partial charge on any atom is -0.326 e. The first kappa shape index (κ1) is 23.5. The van der Waals surface area contributed by atoms with Crippen molar-refractivity contribution in [2.24, 2.45) is 0 Å². The summed E-state index contributed by atoms with van der Waals surface area (Å²) in [5, 5.41) is 6.14. The molecule has 2 amide bonds. The highest BCUT2D eigenvalue weighted by atomic mass is 35.5. The third kappa shape index (κ3) is 4.80. The zero-order valence-corrected chi connectivity index (χ0v) is 20.0. The van der Waals surface area contributed by atoms with Crippen LogP contribution in [-0.4, -0.2) is 20.9 Å². The van der Waals surface area contributed by atoms with E-state index in [0.29, 0.717) is 38.7 Å². The second kappa shape index (κ2) is 9.66. The second-order valence-corrected chi connectivity index (χ2v) is 9.14. The largest absolute Gasteiger partial charge is 0.337 e. The van der Waals surface area contributed by atoms with Crippen LogP contribution in [0, 0.1) is 0 Å². The number of carbonyl (C=O) groups excluding carboxylic acids is 2. The van der Waals surface area contributed by atoms with Gasteiger partial charge in [0.2, 0.25) is 11.8 Å². The quantitative estimate of drug-likeness (QED) is 0.420. The first-order valence-corrected chi connectivity index (χ1v) is 11.7. The lowest BCUT2D eigenvalue weighted by molar-refractivity contribution is -0.117. The van der Waals surface area contributed by atoms with E-state index in [0.717, 1.165) is 9.44 Å². The van der Waals surface area contributed by atoms with E-state index in [1.165, 1.54) is 28.9 Å². The average Bonchev–Trinajstić information content (AvgIpc) is 3.21. The van der Waals surface area contributed by atoms with Crippen LogP contribution in [0.5, 0.6) is 0 Å². The molecule has 2 aromatic heterocycles. The molecule has 174 valence electrons. The summed E-state index contributed by atoms with van der Waals surface area (Å²) in [6.45, 7) is 3.05. The Labute approximate surface area is 203 Å². The molecule has 0 radical (unpaired) electrons. The molecule has 0 spiro atoms. The van der Waals surface area contributed by atoms with Gasteiger partial charge in [0.15, 0.2) is 0 Å². The van der Waals surface area contributed by atoms with Gasteiger partial charge in [-0.25, -0.2) is 9.36 Å². The van der Waals surface area contributed by atoms with Crippen LogP contribution in [-0.2, 0) is 22.6 Å². The molecule has 10 heteroatoms. The zero-order chi connectivity index (χ0) is 24.4. The van der Waals surface area contributed by atoms with Crippen LogP contribution in [0.3, 0.4) is 0 Å². The number of anilines is 2. The normalized spacial score (nSPS) is 10.9. The van der Waals surface area contributed by atoms with Crippen molar-refractivity contribution in [3.63, 3.8) is 0 Å². The van der Waals surface area contributed by atoms with Crippen LogP contribution in [0.1, 0.15) is 18.7 Å². The Morgan fingerprint density at radius 1 is 1.00 bits per heavy atom. The Balaban J connectivity index is 1.77. The maximum Gasteiger partial charge on any atom is 0.337 e. The summed E-state index contributed by atoms with van der Waals surface area (Å²) in [4.78, 5) is 52.2. The maximum atomic E-state index is 13.4. The summed E-state index contributed by atoms with van der Waals surface area (Å²) >= 11 is 7.40. The minimum absolute atomic E-state index is 0.231. The van der Waals surface area contributed by atoms with E-state index >= 15 is 0 Å². The first-order chi connectivity index (χ1) is 16.3. The number of amides is 2. The van der Waals surface area contributed by atoms with Gasteiger partial charge in [-0.15, -0.1) is 11.3 Å². The maximum absolute atomic E-state index is 13.4. The van der Waals surface area contributed by atoms with Gasteiger partial charge in [0.1, 0.15) is 11.4 Å². The van der Waals surface area contributed by atoms with Crippen molar-refractivity contribution in [1.82, 2.24) is 9.13 Å². The highest BCUT2D eigenvalue weighted by Crippen LogP contribution is 2.24. The number of thiophene rings is 1. The van der Waals surface area contributed by atoms with E-state index < -0.39 is 17.2 Å². The van der Waals surface area contributed by atoms with Crippen molar-refractivity contribution in [3.8, 4) is 5.69 Å². The molecule has 2 aromatic carbocycles. The number of hydrogen-bond donors (Lipinski definition) is 2. The lowest BCUT2D eigenvalue weighted by Gasteiger charge is -2.13. The van der Waals surface area contributed by atoms with Crippen LogP contribution < -0.4 is 21.9 Å². The van der Waals surface area contributed by atoms with Crippen LogP contribution in [0.15, 0.2) is 64.2 Å². The fourth-order valence-corrected chi connectivity index (χ4v) is 4.84. The van der Waals surface area contributed by atoms with E-state index in [-0.39, 0.29) is 12.5 Å². The smallest absolute Gasteiger partial charge is 0.326 e. The van der Waals surface area contributed by atoms with Crippen molar-refractivity contribution in [1.29, 1.82) is 0 Å². The van der Waals surface area contributed by atoms with Crippen LogP contribution in [0.4, 0.5) is 11.4 Å². The fraction of sp³-hybridized carbons (Fsp3) is 0.167. The Bertz CT molecular complexity index is 1540. The van der Waals surface area contributed by atoms with Gasteiger partial charge in [-0.3, -0.25) is 19.0 Å². The van der Waals surface area contributed by atoms with Gasteiger partial charge >= 0.3 is 5.69 Å². The highest BCUT2D eigenvalue weighted by Gasteiger charge is 2.19. The van der Waals surface area contributed by atoms with Gasteiger partial charge in [-0.1, -0.05) is 30.7 Å². The molecule has 0 aliphatic carbocycles. The van der Waals surface area contributed by atoms with Gasteiger partial charge in [0.25, 0.3) is 5.56 Å². The summed E-state index contributed by atoms with van der Waals surface area (Å²) < 4.78 is 2.33. The van der Waals surface area contributed by atoms with Gasteiger partial charge in [0.05, 0.1) is 11.1 Å². The number of halogens is 1. The van der Waals surface area contributed by atoms with Crippen molar-refractivity contribution in [2.45, 2.75) is 26.8 Å². The third-order valence-corrected chi connectivity index (χ3v) is 6.59. The van der Waals surface area contributed by atoms with Crippen LogP contribution in [0.25, 0.3) is 15.9 Å². The molecule has 0 saturated carbocycles. The number of benzene rings is 2. The molecule has 0 bridgehead atoms. The Morgan fingerprint density at radius 3 is 2.38 bits per heavy atom. The molecule has 4 rings (SSSR count). The van der Waals surface area contributed by atoms with E-state index in [4.69, 9.17) is 11.6 Å². The fourth-order valence-electron chi connectivity index (χ4n) is 3.58. The molecule has 8 nitrogen and oxygen atoms in total. The summed E-state index contributed by atoms with van der Waals surface area (Å²) in [6, 6.07) is 14.9. The summed E-state index contributed by atoms with van der Waals surface area (Å²) in [7, 11) is 0. The topological polar surface area (TPSA) is 102 Å². The van der Waals surface area contributed by atoms with E-state index in [2.05, 4.69) is 10.6 Å². The molecule has 0 unspecified atom stereocenters. The predicted molar refractivity (Wildman–Crippen MR) is 135 cm³/mol. The van der Waals surface area contributed by atoms with E-state index in [9.17, 15) is 19.2 Å². The monoisotopic (exact) mass is 496 g/mol. The van der Waals surface area contributed by atoms with Gasteiger partial charge in [-0.2, -0.15) is 0 Å². The summed E-state index contributed by atoms with van der Waals surface area (Å²) in [5.74, 6) is -0.684. The summed E-state index contributed by atoms with van der Waals surface area (Å²) in [6.07, 6.45) is 0.687. The predicted octanol–water partition coefficient (Wildman–Crippen LogP) is 4.03. The van der Waals surface area contributed by atoms with Crippen molar-refractivity contribution >= 4 is 56.3 Å². The van der Waals surface area contributed by atoms with Crippen molar-refractivity contribution in [2.75, 3.05) is 10.6 Å². The van der Waals surface area contributed by atoms with Crippen LogP contribution >= 0.6 is 22.9 Å². The molecular formula is C24H21ClN4O4S. The van der Waals surface area contributed by atoms with Gasteiger partial charge in [-0.05, 0) is 48.9 Å². The lowest BCUT2D eigenvalue weighted by atomic mass is 10.2. The standard InChI is InChI=1S/C24H21ClN4O4S/c1-3-19-12-20-22(32)29(18-9-4-6-15(25)10-18)24(33)28(23(20)34-19)13-21(31)27-17-8-5-7-16(11-17)26-14(2)30/h4-12H,3,13H2,1-2H3,(H,26,30)(H,27,31). The average molecular weight is 497 g/mol. The second-order valence-electron chi connectivity index (χ2n) is 7.58. The molecule has 2 N–H and O–H groups in total. The number of nitrogens with zero attached hydrogens (tertiary/aromatic N) is 2. The van der Waals surface area contributed by atoms with E-state index in [1.807, 2.05) is 6.92 Å². The number of aromatic nitrogens is 2. The minimum atomic E-state index is -0.633. The molecule has 0 fully saturated rings. The number of fused-ring (bicyclic) bond motifs is 1. The summed E-state index contributed by atoms with van der Waals surface area (Å²) in [5.41, 5.74) is 0.226. The molecule has 0 atom stereocenters. The number of rotatable bonds is 6. The number of carbonyl (C=O) groups is 2.